The number of aliphatic hydroxyl groups excluding tert-OH is 2. The molecule has 3 aromatic rings. The summed E-state index contributed by atoms with van der Waals surface area (Å²) < 4.78 is 19.6. The number of unbranched alkanes of at least 4 members (excludes halogenated alkanes) is 6. The molecule has 0 bridgehead atoms. The molecule has 1 unspecified atom stereocenters. The van der Waals surface area contributed by atoms with Crippen molar-refractivity contribution in [2.45, 2.75) is 115 Å². The summed E-state index contributed by atoms with van der Waals surface area (Å²) in [6.45, 7) is 4.33. The number of hydrogen-bond acceptors (Lipinski definition) is 10. The van der Waals surface area contributed by atoms with Gasteiger partial charge in [0.2, 0.25) is 0 Å². The zero-order chi connectivity index (χ0) is 29.9. The number of imidazole rings is 1. The Hall–Kier alpha value is -3.12. The van der Waals surface area contributed by atoms with Crippen molar-refractivity contribution in [3.63, 3.8) is 0 Å². The molecule has 230 valence electrons. The number of carbonyl (C=O) groups excluding carboxylic acids is 1. The van der Waals surface area contributed by atoms with Gasteiger partial charge in [-0.25, -0.2) is 15.0 Å². The number of carbonyl (C=O) groups is 1. The van der Waals surface area contributed by atoms with Crippen LogP contribution in [0, 0.1) is 0 Å². The van der Waals surface area contributed by atoms with Crippen LogP contribution in [0.25, 0.3) is 11.2 Å². The highest BCUT2D eigenvalue weighted by atomic mass is 16.6. The standard InChI is InChI=1S/C31H45N5O6/c1-3-22(21-15-11-10-12-16-21)41-23(17-13-8-6-5-7-9-14-18-24(37)40-4-2)28-26(38)27(39)31(42-28)36-20-35-25-29(32)33-19-34-30(25)36/h10-12,15-16,19-20,22-23,26-28,31,38-39H,3-9,13-14,17-18H2,1-2H3,(H2,32,33,34)/t22-,23?,26-,27+,28+,31+/m0/s1. The molecule has 2 aromatic heterocycles. The van der Waals surface area contributed by atoms with Crippen LogP contribution in [-0.4, -0.2) is 66.7 Å². The Labute approximate surface area is 247 Å². The summed E-state index contributed by atoms with van der Waals surface area (Å²) in [5.74, 6) is 0.115. The fourth-order valence-electron chi connectivity index (χ4n) is 5.61. The van der Waals surface area contributed by atoms with Crippen molar-refractivity contribution in [2.75, 3.05) is 12.3 Å². The number of rotatable bonds is 17. The molecule has 4 rings (SSSR count). The molecule has 42 heavy (non-hydrogen) atoms. The number of aromatic nitrogens is 4. The molecule has 6 atom stereocenters. The van der Waals surface area contributed by atoms with E-state index in [0.717, 1.165) is 56.9 Å². The van der Waals surface area contributed by atoms with Crippen molar-refractivity contribution in [3.05, 3.63) is 48.5 Å². The number of nitrogen functional groups attached to an aromatic ring is 1. The van der Waals surface area contributed by atoms with E-state index < -0.39 is 30.6 Å². The predicted octanol–water partition coefficient (Wildman–Crippen LogP) is 4.64. The first-order valence-electron chi connectivity index (χ1n) is 15.2. The Balaban J connectivity index is 1.38. The van der Waals surface area contributed by atoms with Gasteiger partial charge in [0.05, 0.1) is 25.1 Å². The van der Waals surface area contributed by atoms with Gasteiger partial charge in [0.15, 0.2) is 17.7 Å². The average molecular weight is 584 g/mol. The minimum atomic E-state index is -1.21. The number of esters is 1. The van der Waals surface area contributed by atoms with E-state index in [9.17, 15) is 15.0 Å². The Kier molecular flexibility index (Phi) is 12.1. The van der Waals surface area contributed by atoms with Crippen LogP contribution in [0.4, 0.5) is 5.82 Å². The van der Waals surface area contributed by atoms with Gasteiger partial charge in [0, 0.05) is 6.42 Å². The van der Waals surface area contributed by atoms with Gasteiger partial charge in [-0.3, -0.25) is 9.36 Å². The van der Waals surface area contributed by atoms with Crippen LogP contribution in [0.5, 0.6) is 0 Å². The molecule has 1 aromatic carbocycles. The highest BCUT2D eigenvalue weighted by Crippen LogP contribution is 2.37. The second-order valence-electron chi connectivity index (χ2n) is 10.9. The van der Waals surface area contributed by atoms with Gasteiger partial charge in [0.1, 0.15) is 30.2 Å². The number of aliphatic hydroxyl groups is 2. The minimum absolute atomic E-state index is 0.119. The lowest BCUT2D eigenvalue weighted by atomic mass is 9.98. The molecule has 0 radical (unpaired) electrons. The normalized spacial score (nSPS) is 21.9. The molecule has 1 saturated heterocycles. The second kappa shape index (κ2) is 15.9. The lowest BCUT2D eigenvalue weighted by Gasteiger charge is -2.30. The van der Waals surface area contributed by atoms with E-state index in [1.165, 1.54) is 12.7 Å². The molecule has 1 aliphatic heterocycles. The average Bonchev–Trinajstić information content (AvgIpc) is 3.55. The number of benzene rings is 1. The summed E-state index contributed by atoms with van der Waals surface area (Å²) in [5.41, 5.74) is 7.85. The van der Waals surface area contributed by atoms with Crippen LogP contribution in [0.3, 0.4) is 0 Å². The summed E-state index contributed by atoms with van der Waals surface area (Å²) >= 11 is 0. The third-order valence-corrected chi connectivity index (χ3v) is 7.86. The summed E-state index contributed by atoms with van der Waals surface area (Å²) in [6.07, 6.45) is 7.14. The van der Waals surface area contributed by atoms with E-state index in [1.807, 2.05) is 37.3 Å². The first-order valence-corrected chi connectivity index (χ1v) is 15.2. The predicted molar refractivity (Wildman–Crippen MR) is 158 cm³/mol. The molecule has 0 aliphatic carbocycles. The van der Waals surface area contributed by atoms with Crippen LogP contribution in [0.15, 0.2) is 43.0 Å². The van der Waals surface area contributed by atoms with Crippen molar-refractivity contribution in [1.29, 1.82) is 0 Å². The van der Waals surface area contributed by atoms with E-state index in [4.69, 9.17) is 19.9 Å². The number of anilines is 1. The van der Waals surface area contributed by atoms with Gasteiger partial charge in [-0.2, -0.15) is 0 Å². The maximum atomic E-state index is 11.5. The van der Waals surface area contributed by atoms with Crippen molar-refractivity contribution in [1.82, 2.24) is 19.5 Å². The first-order chi connectivity index (χ1) is 20.4. The van der Waals surface area contributed by atoms with E-state index in [2.05, 4.69) is 21.9 Å². The lowest BCUT2D eigenvalue weighted by molar-refractivity contribution is -0.143. The highest BCUT2D eigenvalue weighted by molar-refractivity contribution is 5.81. The Morgan fingerprint density at radius 1 is 1.00 bits per heavy atom. The summed E-state index contributed by atoms with van der Waals surface area (Å²) in [4.78, 5) is 24.0. The fourth-order valence-corrected chi connectivity index (χ4v) is 5.61. The molecule has 1 aliphatic rings. The van der Waals surface area contributed by atoms with Crippen molar-refractivity contribution >= 4 is 23.0 Å². The van der Waals surface area contributed by atoms with Gasteiger partial charge in [-0.05, 0) is 31.7 Å². The molecule has 11 heteroatoms. The summed E-state index contributed by atoms with van der Waals surface area (Å²) in [6, 6.07) is 10.0. The van der Waals surface area contributed by atoms with Gasteiger partial charge < -0.3 is 30.2 Å². The van der Waals surface area contributed by atoms with Crippen LogP contribution in [0.1, 0.15) is 96.0 Å². The lowest BCUT2D eigenvalue weighted by Crippen LogP contribution is -2.40. The number of fused-ring (bicyclic) bond motifs is 1. The molecule has 0 saturated carbocycles. The smallest absolute Gasteiger partial charge is 0.305 e. The zero-order valence-electron chi connectivity index (χ0n) is 24.7. The maximum absolute atomic E-state index is 11.5. The summed E-state index contributed by atoms with van der Waals surface area (Å²) in [5, 5.41) is 22.3. The van der Waals surface area contributed by atoms with Crippen LogP contribution in [0.2, 0.25) is 0 Å². The molecule has 11 nitrogen and oxygen atoms in total. The maximum Gasteiger partial charge on any atom is 0.305 e. The highest BCUT2D eigenvalue weighted by Gasteiger charge is 2.48. The molecular formula is C31H45N5O6. The van der Waals surface area contributed by atoms with Crippen molar-refractivity contribution < 1.29 is 29.2 Å². The SMILES string of the molecule is CCOC(=O)CCCCCCCCCC(O[C@@H](CC)c1ccccc1)[C@H]1O[C@@H](n2cnc3c(N)ncnc32)[C@H](O)[C@@H]1O. The molecular weight excluding hydrogens is 538 g/mol. The Morgan fingerprint density at radius 2 is 1.71 bits per heavy atom. The van der Waals surface area contributed by atoms with Crippen LogP contribution >= 0.6 is 0 Å². The van der Waals surface area contributed by atoms with Gasteiger partial charge in [-0.1, -0.05) is 75.8 Å². The number of ether oxygens (including phenoxy) is 3. The van der Waals surface area contributed by atoms with Crippen LogP contribution < -0.4 is 5.73 Å². The number of nitrogens with two attached hydrogens (primary N) is 1. The van der Waals surface area contributed by atoms with Gasteiger partial charge >= 0.3 is 5.97 Å². The number of hydrogen-bond donors (Lipinski definition) is 3. The first kappa shape index (κ1) is 31.8. The van der Waals surface area contributed by atoms with Gasteiger partial charge in [-0.15, -0.1) is 0 Å². The summed E-state index contributed by atoms with van der Waals surface area (Å²) in [7, 11) is 0. The van der Waals surface area contributed by atoms with Crippen molar-refractivity contribution in [2.24, 2.45) is 0 Å². The van der Waals surface area contributed by atoms with E-state index in [1.54, 1.807) is 4.57 Å². The quantitative estimate of drug-likeness (QED) is 0.151. The van der Waals surface area contributed by atoms with E-state index in [-0.39, 0.29) is 17.9 Å². The third-order valence-electron chi connectivity index (χ3n) is 7.86. The van der Waals surface area contributed by atoms with E-state index >= 15 is 0 Å². The zero-order valence-corrected chi connectivity index (χ0v) is 24.7. The van der Waals surface area contributed by atoms with Crippen molar-refractivity contribution in [3.8, 4) is 0 Å². The third kappa shape index (κ3) is 8.03. The minimum Gasteiger partial charge on any atom is -0.466 e. The Bertz CT molecular complexity index is 1240. The van der Waals surface area contributed by atoms with Crippen LogP contribution in [-0.2, 0) is 19.0 Å². The van der Waals surface area contributed by atoms with Gasteiger partial charge in [0.25, 0.3) is 0 Å². The largest absolute Gasteiger partial charge is 0.466 e. The molecule has 1 fully saturated rings. The van der Waals surface area contributed by atoms with E-state index in [0.29, 0.717) is 30.6 Å². The fraction of sp³-hybridized carbons (Fsp3) is 0.613. The monoisotopic (exact) mass is 583 g/mol. The molecule has 3 heterocycles. The molecule has 0 spiro atoms. The second-order valence-corrected chi connectivity index (χ2v) is 10.9. The topological polar surface area (TPSA) is 155 Å². The Morgan fingerprint density at radius 3 is 2.43 bits per heavy atom. The molecule has 4 N–H and O–H groups in total. The molecule has 0 amide bonds. The number of nitrogens with zero attached hydrogens (tertiary/aromatic N) is 4.